The van der Waals surface area contributed by atoms with Crippen molar-refractivity contribution in [2.75, 3.05) is 12.3 Å². The summed E-state index contributed by atoms with van der Waals surface area (Å²) in [6.07, 6.45) is 12.0. The normalized spacial score (nSPS) is 14.3. The van der Waals surface area contributed by atoms with Crippen LogP contribution >= 0.6 is 12.6 Å². The van der Waals surface area contributed by atoms with E-state index in [9.17, 15) is 14.7 Å². The number of rotatable bonds is 14. The van der Waals surface area contributed by atoms with Crippen LogP contribution in [0, 0.1) is 0 Å². The summed E-state index contributed by atoms with van der Waals surface area (Å²) in [6.45, 7) is 14.3. The largest absolute Gasteiger partial charge is 0.480 e. The number of carbonyl (C=O) groups excluding carboxylic acids is 1. The van der Waals surface area contributed by atoms with Gasteiger partial charge in [-0.1, -0.05) is 46.6 Å². The molecular formula is C25H41NO3S. The maximum atomic E-state index is 12.5. The molecule has 170 valence electrons. The Morgan fingerprint density at radius 1 is 0.867 bits per heavy atom. The highest BCUT2D eigenvalue weighted by Gasteiger charge is 2.31. The summed E-state index contributed by atoms with van der Waals surface area (Å²) in [6, 6.07) is -1.40. The monoisotopic (exact) mass is 435 g/mol. The first-order valence-corrected chi connectivity index (χ1v) is 11.3. The van der Waals surface area contributed by atoms with E-state index in [4.69, 9.17) is 0 Å². The fourth-order valence-electron chi connectivity index (χ4n) is 3.10. The van der Waals surface area contributed by atoms with Crippen LogP contribution in [0.15, 0.2) is 46.6 Å². The van der Waals surface area contributed by atoms with E-state index < -0.39 is 18.1 Å². The summed E-state index contributed by atoms with van der Waals surface area (Å²) >= 11 is 4.26. The van der Waals surface area contributed by atoms with Gasteiger partial charge in [-0.05, 0) is 74.1 Å². The topological polar surface area (TPSA) is 57.6 Å². The quantitative estimate of drug-likeness (QED) is 0.259. The molecule has 1 unspecified atom stereocenters. The van der Waals surface area contributed by atoms with Gasteiger partial charge in [0, 0.05) is 12.3 Å². The molecule has 0 aromatic carbocycles. The molecule has 0 aliphatic heterocycles. The minimum atomic E-state index is -0.956. The zero-order valence-corrected chi connectivity index (χ0v) is 20.8. The third kappa shape index (κ3) is 12.2. The molecule has 4 nitrogen and oxygen atoms in total. The second kappa shape index (κ2) is 15.2. The molecule has 0 heterocycles. The zero-order chi connectivity index (χ0) is 23.3. The molecule has 0 aromatic rings. The van der Waals surface area contributed by atoms with E-state index in [0.29, 0.717) is 6.54 Å². The highest BCUT2D eigenvalue weighted by molar-refractivity contribution is 7.80. The summed E-state index contributed by atoms with van der Waals surface area (Å²) in [5.41, 5.74) is 4.83. The van der Waals surface area contributed by atoms with Crippen molar-refractivity contribution in [1.29, 1.82) is 0 Å². The number of Topliss-reactive ketones (excluding diaryl/α,β-unsaturated/α-hetero) is 1. The lowest BCUT2D eigenvalue weighted by molar-refractivity contribution is -0.143. The van der Waals surface area contributed by atoms with Crippen molar-refractivity contribution in [3.8, 4) is 0 Å². The summed E-state index contributed by atoms with van der Waals surface area (Å²) in [7, 11) is 0. The highest BCUT2D eigenvalue weighted by Crippen LogP contribution is 2.17. The standard InChI is InChI=1S/C25H41NO3S/c1-18(2)10-8-12-20(5)14-15-26(24(17-30)25(28)29)23(22(7)27)16-21(6)13-9-11-19(3)4/h10-11,14,16,23-24,30H,8-9,12-13,15,17H2,1-7H3,(H,28,29)/b20-14+,21-16+/t23?,24-/m0/s1. The van der Waals surface area contributed by atoms with Crippen molar-refractivity contribution in [3.63, 3.8) is 0 Å². The molecule has 0 bridgehead atoms. The number of hydrogen-bond acceptors (Lipinski definition) is 4. The molecule has 0 radical (unpaired) electrons. The van der Waals surface area contributed by atoms with Gasteiger partial charge < -0.3 is 5.11 Å². The summed E-state index contributed by atoms with van der Waals surface area (Å²) in [4.78, 5) is 26.1. The van der Waals surface area contributed by atoms with Crippen molar-refractivity contribution >= 4 is 24.4 Å². The molecule has 0 fully saturated rings. The molecular weight excluding hydrogens is 394 g/mol. The van der Waals surface area contributed by atoms with Crippen LogP contribution in [0.1, 0.15) is 74.1 Å². The summed E-state index contributed by atoms with van der Waals surface area (Å²) in [5, 5.41) is 9.72. The van der Waals surface area contributed by atoms with Gasteiger partial charge in [-0.25, -0.2) is 0 Å². The third-order valence-corrected chi connectivity index (χ3v) is 5.25. The maximum absolute atomic E-state index is 12.5. The van der Waals surface area contributed by atoms with Crippen molar-refractivity contribution in [2.24, 2.45) is 0 Å². The van der Waals surface area contributed by atoms with Crippen LogP contribution in [0.25, 0.3) is 0 Å². The van der Waals surface area contributed by atoms with Gasteiger partial charge in [0.25, 0.3) is 0 Å². The van der Waals surface area contributed by atoms with Crippen molar-refractivity contribution in [1.82, 2.24) is 4.90 Å². The molecule has 0 saturated heterocycles. The maximum Gasteiger partial charge on any atom is 0.321 e. The van der Waals surface area contributed by atoms with Crippen molar-refractivity contribution in [2.45, 2.75) is 86.2 Å². The number of thiol groups is 1. The highest BCUT2D eigenvalue weighted by atomic mass is 32.1. The van der Waals surface area contributed by atoms with E-state index in [1.165, 1.54) is 23.6 Å². The Morgan fingerprint density at radius 3 is 1.77 bits per heavy atom. The Morgan fingerprint density at radius 2 is 1.37 bits per heavy atom. The van der Waals surface area contributed by atoms with E-state index in [2.05, 4.69) is 59.4 Å². The summed E-state index contributed by atoms with van der Waals surface area (Å²) in [5.74, 6) is -0.864. The number of hydrogen-bond donors (Lipinski definition) is 2. The molecule has 0 aliphatic carbocycles. The van der Waals surface area contributed by atoms with Crippen LogP contribution < -0.4 is 0 Å². The number of nitrogens with zero attached hydrogens (tertiary/aromatic N) is 1. The average Bonchev–Trinajstić information content (AvgIpc) is 2.62. The third-order valence-electron chi connectivity index (χ3n) is 4.91. The second-order valence-electron chi connectivity index (χ2n) is 8.49. The van der Waals surface area contributed by atoms with Gasteiger partial charge in [-0.15, -0.1) is 0 Å². The lowest BCUT2D eigenvalue weighted by Crippen LogP contribution is -2.50. The smallest absolute Gasteiger partial charge is 0.321 e. The average molecular weight is 436 g/mol. The fraction of sp³-hybridized carbons (Fsp3) is 0.600. The number of carboxylic acid groups (broad SMARTS) is 1. The van der Waals surface area contributed by atoms with Crippen LogP contribution in [0.5, 0.6) is 0 Å². The van der Waals surface area contributed by atoms with Crippen molar-refractivity contribution in [3.05, 3.63) is 46.6 Å². The lowest BCUT2D eigenvalue weighted by atomic mass is 10.0. The SMILES string of the molecule is CC(=O)C(/C=C(\C)CCC=C(C)C)N(C/C=C(\C)CCC=C(C)C)[C@@H](CS)C(=O)O. The van der Waals surface area contributed by atoms with Gasteiger partial charge in [-0.3, -0.25) is 14.5 Å². The molecule has 5 heteroatoms. The number of allylic oxidation sites excluding steroid dienone is 6. The molecule has 30 heavy (non-hydrogen) atoms. The minimum absolute atomic E-state index is 0.0554. The number of carboxylic acids is 1. The predicted molar refractivity (Wildman–Crippen MR) is 131 cm³/mol. The summed E-state index contributed by atoms with van der Waals surface area (Å²) < 4.78 is 0. The second-order valence-corrected chi connectivity index (χ2v) is 8.86. The van der Waals surface area contributed by atoms with Crippen LogP contribution in [-0.2, 0) is 9.59 Å². The Bertz CT molecular complexity index is 681. The van der Waals surface area contributed by atoms with Gasteiger partial charge in [-0.2, -0.15) is 12.6 Å². The van der Waals surface area contributed by atoms with Crippen LogP contribution in [0.3, 0.4) is 0 Å². The first-order chi connectivity index (χ1) is 14.0. The molecule has 0 amide bonds. The Kier molecular flexibility index (Phi) is 14.4. The molecule has 2 atom stereocenters. The van der Waals surface area contributed by atoms with E-state index >= 15 is 0 Å². The number of carbonyl (C=O) groups is 2. The van der Waals surface area contributed by atoms with Gasteiger partial charge >= 0.3 is 5.97 Å². The molecule has 0 aliphatic rings. The van der Waals surface area contributed by atoms with Gasteiger partial charge in [0.15, 0.2) is 5.78 Å². The predicted octanol–water partition coefficient (Wildman–Crippen LogP) is 6.01. The van der Waals surface area contributed by atoms with Crippen molar-refractivity contribution < 1.29 is 14.7 Å². The molecule has 0 aromatic heterocycles. The van der Waals surface area contributed by atoms with Gasteiger partial charge in [0.2, 0.25) is 0 Å². The Balaban J connectivity index is 5.66. The van der Waals surface area contributed by atoms with Gasteiger partial charge in [0.05, 0.1) is 6.04 Å². The zero-order valence-electron chi connectivity index (χ0n) is 19.9. The fourth-order valence-corrected chi connectivity index (χ4v) is 3.47. The number of ketones is 1. The minimum Gasteiger partial charge on any atom is -0.480 e. The molecule has 0 rings (SSSR count). The number of aliphatic carboxylic acids is 1. The van der Waals surface area contributed by atoms with Crippen LogP contribution in [0.2, 0.25) is 0 Å². The lowest BCUT2D eigenvalue weighted by Gasteiger charge is -2.32. The van der Waals surface area contributed by atoms with E-state index in [-0.39, 0.29) is 11.5 Å². The molecule has 0 saturated carbocycles. The first kappa shape index (κ1) is 28.4. The van der Waals surface area contributed by atoms with E-state index in [1.54, 1.807) is 4.90 Å². The molecule has 1 N–H and O–H groups in total. The molecule has 0 spiro atoms. The Hall–Kier alpha value is -1.59. The van der Waals surface area contributed by atoms with Gasteiger partial charge in [0.1, 0.15) is 6.04 Å². The van der Waals surface area contributed by atoms with E-state index in [0.717, 1.165) is 31.3 Å². The van der Waals surface area contributed by atoms with Crippen LogP contribution in [0.4, 0.5) is 0 Å². The van der Waals surface area contributed by atoms with E-state index in [1.807, 2.05) is 19.1 Å². The first-order valence-electron chi connectivity index (χ1n) is 10.7. The Labute approximate surface area is 189 Å². The van der Waals surface area contributed by atoms with Crippen LogP contribution in [-0.4, -0.2) is 46.1 Å².